The molecule has 0 spiro atoms. The van der Waals surface area contributed by atoms with Crippen LogP contribution in [0.5, 0.6) is 0 Å². The van der Waals surface area contributed by atoms with Gasteiger partial charge in [0.05, 0.1) is 30.4 Å². The minimum Gasteiger partial charge on any atom is -0.378 e. The molecule has 2 N–H and O–H groups in total. The molecule has 1 heterocycles. The van der Waals surface area contributed by atoms with Crippen LogP contribution < -0.4 is 10.6 Å². The van der Waals surface area contributed by atoms with Crippen LogP contribution >= 0.6 is 0 Å². The summed E-state index contributed by atoms with van der Waals surface area (Å²) in [4.78, 5) is 53.9. The largest absolute Gasteiger partial charge is 0.378 e. The highest BCUT2D eigenvalue weighted by Crippen LogP contribution is 2.33. The summed E-state index contributed by atoms with van der Waals surface area (Å²) in [6.45, 7) is 3.24. The molecule has 3 unspecified atom stereocenters. The van der Waals surface area contributed by atoms with Gasteiger partial charge in [-0.3, -0.25) is 19.2 Å². The summed E-state index contributed by atoms with van der Waals surface area (Å²) in [6.07, 6.45) is 1.27. The lowest BCUT2D eigenvalue weighted by Crippen LogP contribution is -2.51. The standard InChI is InChI=1S/C29H37N3O7S/c1-3-24(26(34)29(36)30-15-14-21-10-6-4-7-11-21)31-28(35)23(20-25(33)32-16-18-39-19-17-32)27(40(2,37)38)22-12-8-5-9-13-22/h4-13,23-24,27H,3,14-20H2,1-2H3,(H,30,36)(H,31,35). The first kappa shape index (κ1) is 31.0. The summed E-state index contributed by atoms with van der Waals surface area (Å²) >= 11 is 0. The van der Waals surface area contributed by atoms with Crippen LogP contribution in [0.1, 0.15) is 36.1 Å². The zero-order valence-corrected chi connectivity index (χ0v) is 23.7. The average Bonchev–Trinajstić information content (AvgIpc) is 2.95. The number of benzene rings is 2. The normalized spacial score (nSPS) is 15.9. The number of carbonyl (C=O) groups excluding carboxylic acids is 4. The molecular formula is C29H37N3O7S. The number of ketones is 1. The van der Waals surface area contributed by atoms with Crippen molar-refractivity contribution in [3.63, 3.8) is 0 Å². The maximum atomic E-state index is 13.7. The number of nitrogens with one attached hydrogen (secondary N) is 2. The van der Waals surface area contributed by atoms with Crippen LogP contribution in [0, 0.1) is 5.92 Å². The second kappa shape index (κ2) is 14.7. The number of amides is 3. The zero-order chi connectivity index (χ0) is 29.1. The van der Waals surface area contributed by atoms with E-state index in [1.54, 1.807) is 37.3 Å². The predicted molar refractivity (Wildman–Crippen MR) is 150 cm³/mol. The lowest BCUT2D eigenvalue weighted by molar-refractivity contribution is -0.142. The van der Waals surface area contributed by atoms with Crippen molar-refractivity contribution in [1.82, 2.24) is 15.5 Å². The van der Waals surface area contributed by atoms with Gasteiger partial charge in [0.1, 0.15) is 0 Å². The number of Topliss-reactive ketones (excluding diaryl/α,β-unsaturated/α-hetero) is 1. The lowest BCUT2D eigenvalue weighted by atomic mass is 9.93. The van der Waals surface area contributed by atoms with Crippen molar-refractivity contribution in [2.45, 2.75) is 37.5 Å². The first-order chi connectivity index (χ1) is 19.1. The molecule has 3 amide bonds. The number of rotatable bonds is 13. The topological polar surface area (TPSA) is 139 Å². The molecule has 0 aliphatic carbocycles. The van der Waals surface area contributed by atoms with E-state index in [0.717, 1.165) is 11.8 Å². The second-order valence-electron chi connectivity index (χ2n) is 9.79. The Balaban J connectivity index is 1.78. The quantitative estimate of drug-likeness (QED) is 0.347. The van der Waals surface area contributed by atoms with Crippen molar-refractivity contribution >= 4 is 33.3 Å². The van der Waals surface area contributed by atoms with Gasteiger partial charge < -0.3 is 20.3 Å². The van der Waals surface area contributed by atoms with Gasteiger partial charge in [0.2, 0.25) is 17.6 Å². The van der Waals surface area contributed by atoms with Gasteiger partial charge in [-0.2, -0.15) is 0 Å². The van der Waals surface area contributed by atoms with E-state index in [1.807, 2.05) is 30.3 Å². The molecule has 1 saturated heterocycles. The van der Waals surface area contributed by atoms with Gasteiger partial charge in [-0.15, -0.1) is 0 Å². The first-order valence-electron chi connectivity index (χ1n) is 13.4. The number of carbonyl (C=O) groups is 4. The average molecular weight is 572 g/mol. The molecule has 3 rings (SSSR count). The van der Waals surface area contributed by atoms with Crippen LogP contribution in [0.2, 0.25) is 0 Å². The van der Waals surface area contributed by atoms with Crippen molar-refractivity contribution < 1.29 is 32.3 Å². The predicted octanol–water partition coefficient (Wildman–Crippen LogP) is 1.46. The smallest absolute Gasteiger partial charge is 0.289 e. The molecule has 40 heavy (non-hydrogen) atoms. The lowest BCUT2D eigenvalue weighted by Gasteiger charge is -2.31. The SMILES string of the molecule is CCC(NC(=O)C(CC(=O)N1CCOCC1)C(c1ccccc1)S(C)(=O)=O)C(=O)C(=O)NCCc1ccccc1. The fraction of sp³-hybridized carbons (Fsp3) is 0.448. The van der Waals surface area contributed by atoms with Gasteiger partial charge in [-0.1, -0.05) is 67.6 Å². The van der Waals surface area contributed by atoms with Crippen LogP contribution in [0.3, 0.4) is 0 Å². The highest BCUT2D eigenvalue weighted by Gasteiger charge is 2.40. The molecule has 216 valence electrons. The number of morpholine rings is 1. The van der Waals surface area contributed by atoms with Crippen LogP contribution in [-0.2, 0) is 40.2 Å². The number of nitrogens with zero attached hydrogens (tertiary/aromatic N) is 1. The highest BCUT2D eigenvalue weighted by atomic mass is 32.2. The van der Waals surface area contributed by atoms with E-state index in [-0.39, 0.29) is 25.3 Å². The second-order valence-corrected chi connectivity index (χ2v) is 12.0. The first-order valence-corrected chi connectivity index (χ1v) is 15.3. The van der Waals surface area contributed by atoms with E-state index >= 15 is 0 Å². The Labute approximate surface area is 235 Å². The van der Waals surface area contributed by atoms with Crippen LogP contribution in [0.15, 0.2) is 60.7 Å². The Kier molecular flexibility index (Phi) is 11.4. The number of hydrogen-bond acceptors (Lipinski definition) is 7. The fourth-order valence-corrected chi connectivity index (χ4v) is 6.20. The monoisotopic (exact) mass is 571 g/mol. The van der Waals surface area contributed by atoms with E-state index in [4.69, 9.17) is 4.74 Å². The molecule has 10 nitrogen and oxygen atoms in total. The van der Waals surface area contributed by atoms with Crippen molar-refractivity contribution in [2.75, 3.05) is 39.1 Å². The Morgan fingerprint density at radius 3 is 2.12 bits per heavy atom. The fourth-order valence-electron chi connectivity index (χ4n) is 4.73. The van der Waals surface area contributed by atoms with Crippen LogP contribution in [0.4, 0.5) is 0 Å². The van der Waals surface area contributed by atoms with Crippen LogP contribution in [0.25, 0.3) is 0 Å². The molecule has 3 atom stereocenters. The van der Waals surface area contributed by atoms with Crippen molar-refractivity contribution in [1.29, 1.82) is 0 Å². The highest BCUT2D eigenvalue weighted by molar-refractivity contribution is 7.91. The summed E-state index contributed by atoms with van der Waals surface area (Å²) in [5, 5.41) is 3.84. The number of ether oxygens (including phenoxy) is 1. The molecule has 0 bridgehead atoms. The minimum atomic E-state index is -3.88. The summed E-state index contributed by atoms with van der Waals surface area (Å²) in [6, 6.07) is 16.5. The van der Waals surface area contributed by atoms with Crippen molar-refractivity contribution in [3.8, 4) is 0 Å². The molecule has 1 fully saturated rings. The third-order valence-electron chi connectivity index (χ3n) is 6.86. The van der Waals surface area contributed by atoms with Gasteiger partial charge in [-0.25, -0.2) is 8.42 Å². The third-order valence-corrected chi connectivity index (χ3v) is 8.38. The van der Waals surface area contributed by atoms with Crippen molar-refractivity contribution in [2.24, 2.45) is 5.92 Å². The Bertz CT molecular complexity index is 1260. The van der Waals surface area contributed by atoms with Gasteiger partial charge in [0.15, 0.2) is 9.84 Å². The van der Waals surface area contributed by atoms with E-state index in [2.05, 4.69) is 10.6 Å². The summed E-state index contributed by atoms with van der Waals surface area (Å²) in [7, 11) is -3.88. The molecular weight excluding hydrogens is 534 g/mol. The molecule has 2 aromatic carbocycles. The number of sulfone groups is 1. The van der Waals surface area contributed by atoms with Gasteiger partial charge in [0, 0.05) is 32.3 Å². The number of hydrogen-bond donors (Lipinski definition) is 2. The molecule has 0 aromatic heterocycles. The summed E-state index contributed by atoms with van der Waals surface area (Å²) in [5.41, 5.74) is 1.36. The van der Waals surface area contributed by atoms with Crippen LogP contribution in [-0.4, -0.2) is 82.0 Å². The molecule has 11 heteroatoms. The van der Waals surface area contributed by atoms with Gasteiger partial charge in [-0.05, 0) is 24.0 Å². The van der Waals surface area contributed by atoms with Crippen molar-refractivity contribution in [3.05, 3.63) is 71.8 Å². The van der Waals surface area contributed by atoms with E-state index in [1.165, 1.54) is 4.90 Å². The Morgan fingerprint density at radius 2 is 1.55 bits per heavy atom. The minimum absolute atomic E-state index is 0.107. The zero-order valence-electron chi connectivity index (χ0n) is 22.9. The summed E-state index contributed by atoms with van der Waals surface area (Å²) in [5.74, 6) is -4.16. The molecule has 0 saturated carbocycles. The van der Waals surface area contributed by atoms with Gasteiger partial charge in [0.25, 0.3) is 5.91 Å². The van der Waals surface area contributed by atoms with Gasteiger partial charge >= 0.3 is 0 Å². The van der Waals surface area contributed by atoms with E-state index in [0.29, 0.717) is 38.3 Å². The third kappa shape index (κ3) is 8.72. The Morgan fingerprint density at radius 1 is 0.950 bits per heavy atom. The van der Waals surface area contributed by atoms with E-state index in [9.17, 15) is 27.6 Å². The Hall–Kier alpha value is -3.57. The molecule has 1 aliphatic heterocycles. The molecule has 1 aliphatic rings. The molecule has 0 radical (unpaired) electrons. The maximum absolute atomic E-state index is 13.7. The maximum Gasteiger partial charge on any atom is 0.289 e. The van der Waals surface area contributed by atoms with E-state index < -0.39 is 44.6 Å². The summed E-state index contributed by atoms with van der Waals surface area (Å²) < 4.78 is 31.3. The molecule has 2 aromatic rings.